The SMILES string of the molecule is COc1cc(CC(=O)N2CCCC2)ccc1Nc1nc(Cc2c(Cl)cccc2Cl)cc2cn[nH]c(=O)c12. The van der Waals surface area contributed by atoms with Crippen LogP contribution in [0.2, 0.25) is 10.0 Å². The highest BCUT2D eigenvalue weighted by Gasteiger charge is 2.19. The first-order valence-corrected chi connectivity index (χ1v) is 12.7. The molecule has 1 saturated heterocycles. The van der Waals surface area contributed by atoms with Crippen LogP contribution in [-0.4, -0.2) is 46.2 Å². The van der Waals surface area contributed by atoms with Gasteiger partial charge in [-0.1, -0.05) is 35.3 Å². The van der Waals surface area contributed by atoms with Crippen LogP contribution in [0.1, 0.15) is 29.7 Å². The molecule has 2 aromatic heterocycles. The van der Waals surface area contributed by atoms with Crippen LogP contribution in [0.5, 0.6) is 5.75 Å². The number of carbonyl (C=O) groups excluding carboxylic acids is 1. The van der Waals surface area contributed by atoms with E-state index in [-0.39, 0.29) is 11.5 Å². The Labute approximate surface area is 223 Å². The lowest BCUT2D eigenvalue weighted by Crippen LogP contribution is -2.29. The zero-order valence-electron chi connectivity index (χ0n) is 20.2. The summed E-state index contributed by atoms with van der Waals surface area (Å²) in [7, 11) is 1.56. The second-order valence-electron chi connectivity index (χ2n) is 8.93. The fraction of sp³-hybridized carbons (Fsp3) is 0.259. The van der Waals surface area contributed by atoms with Gasteiger partial charge in [0.05, 0.1) is 30.8 Å². The number of nitrogens with zero attached hydrogens (tertiary/aromatic N) is 3. The molecular formula is C27H25Cl2N5O3. The van der Waals surface area contributed by atoms with Gasteiger partial charge in [-0.15, -0.1) is 0 Å². The molecule has 8 nitrogen and oxygen atoms in total. The van der Waals surface area contributed by atoms with Crippen LogP contribution in [0.25, 0.3) is 10.8 Å². The third-order valence-electron chi connectivity index (χ3n) is 6.45. The Bertz CT molecular complexity index is 1510. The minimum Gasteiger partial charge on any atom is -0.495 e. The molecular weight excluding hydrogens is 513 g/mol. The summed E-state index contributed by atoms with van der Waals surface area (Å²) in [5.74, 6) is 0.989. The first kappa shape index (κ1) is 25.0. The van der Waals surface area contributed by atoms with Crippen molar-refractivity contribution in [2.75, 3.05) is 25.5 Å². The molecule has 0 bridgehead atoms. The number of likely N-dealkylation sites (tertiary alicyclic amines) is 1. The van der Waals surface area contributed by atoms with Crippen molar-refractivity contribution in [1.82, 2.24) is 20.1 Å². The van der Waals surface area contributed by atoms with E-state index >= 15 is 0 Å². The summed E-state index contributed by atoms with van der Waals surface area (Å²) in [5.41, 5.74) is 2.48. The first-order valence-electron chi connectivity index (χ1n) is 11.9. The van der Waals surface area contributed by atoms with Crippen molar-refractivity contribution in [2.24, 2.45) is 0 Å². The topological polar surface area (TPSA) is 100 Å². The number of anilines is 2. The number of carbonyl (C=O) groups is 1. The number of hydrogen-bond acceptors (Lipinski definition) is 6. The van der Waals surface area contributed by atoms with Crippen LogP contribution in [0, 0.1) is 0 Å². The molecule has 0 aliphatic carbocycles. The Hall–Kier alpha value is -3.62. The molecule has 0 saturated carbocycles. The third-order valence-corrected chi connectivity index (χ3v) is 7.16. The number of amides is 1. The van der Waals surface area contributed by atoms with E-state index in [4.69, 9.17) is 32.9 Å². The number of ether oxygens (including phenoxy) is 1. The standard InChI is InChI=1S/C27H25Cl2N5O3/c1-37-23-11-16(12-24(35)34-9-2-3-10-34)7-8-22(23)32-26-25-17(15-30-33-27(25)36)13-18(31-26)14-19-20(28)5-4-6-21(19)29/h4-8,11,13,15H,2-3,9-10,12,14H2,1H3,(H,31,32)(H,33,36). The van der Waals surface area contributed by atoms with Crippen LogP contribution in [0.4, 0.5) is 11.5 Å². The molecule has 3 heterocycles. The van der Waals surface area contributed by atoms with Crippen molar-refractivity contribution in [3.63, 3.8) is 0 Å². The fourth-order valence-corrected chi connectivity index (χ4v) is 5.10. The summed E-state index contributed by atoms with van der Waals surface area (Å²) in [6.07, 6.45) is 4.35. The number of aromatic amines is 1. The Kier molecular flexibility index (Phi) is 7.30. The molecule has 0 atom stereocenters. The Morgan fingerprint density at radius 2 is 1.89 bits per heavy atom. The summed E-state index contributed by atoms with van der Waals surface area (Å²) in [4.78, 5) is 32.0. The average Bonchev–Trinajstić information content (AvgIpc) is 3.42. The highest BCUT2D eigenvalue weighted by atomic mass is 35.5. The molecule has 0 radical (unpaired) electrons. The fourth-order valence-electron chi connectivity index (χ4n) is 4.57. The number of halogens is 2. The molecule has 190 valence electrons. The Balaban J connectivity index is 1.49. The molecule has 0 unspecified atom stereocenters. The lowest BCUT2D eigenvalue weighted by atomic mass is 10.1. The molecule has 37 heavy (non-hydrogen) atoms. The van der Waals surface area contributed by atoms with Gasteiger partial charge in [0, 0.05) is 40.6 Å². The normalized spacial score (nSPS) is 13.2. The maximum atomic E-state index is 12.7. The highest BCUT2D eigenvalue weighted by Crippen LogP contribution is 2.32. The van der Waals surface area contributed by atoms with Crippen molar-refractivity contribution in [2.45, 2.75) is 25.7 Å². The van der Waals surface area contributed by atoms with Crippen LogP contribution >= 0.6 is 23.2 Å². The van der Waals surface area contributed by atoms with Gasteiger partial charge in [-0.3, -0.25) is 9.59 Å². The van der Waals surface area contributed by atoms with E-state index in [0.717, 1.165) is 37.1 Å². The van der Waals surface area contributed by atoms with E-state index in [0.29, 0.717) is 56.6 Å². The van der Waals surface area contributed by atoms with E-state index in [1.165, 1.54) is 0 Å². The molecule has 1 aliphatic heterocycles. The lowest BCUT2D eigenvalue weighted by Gasteiger charge is -2.17. The van der Waals surface area contributed by atoms with Crippen molar-refractivity contribution < 1.29 is 9.53 Å². The smallest absolute Gasteiger partial charge is 0.275 e. The summed E-state index contributed by atoms with van der Waals surface area (Å²) in [6.45, 7) is 1.63. The number of rotatable bonds is 7. The number of benzene rings is 2. The van der Waals surface area contributed by atoms with Crippen LogP contribution in [-0.2, 0) is 17.6 Å². The quantitative estimate of drug-likeness (QED) is 0.338. The second-order valence-corrected chi connectivity index (χ2v) is 9.74. The maximum absolute atomic E-state index is 12.7. The van der Waals surface area contributed by atoms with Gasteiger partial charge in [0.25, 0.3) is 5.56 Å². The zero-order chi connectivity index (χ0) is 25.9. The van der Waals surface area contributed by atoms with Gasteiger partial charge in [-0.2, -0.15) is 5.10 Å². The highest BCUT2D eigenvalue weighted by molar-refractivity contribution is 6.36. The number of hydrogen-bond donors (Lipinski definition) is 2. The molecule has 1 aliphatic rings. The predicted molar refractivity (Wildman–Crippen MR) is 145 cm³/mol. The zero-order valence-corrected chi connectivity index (χ0v) is 21.7. The third kappa shape index (κ3) is 5.40. The number of pyridine rings is 1. The number of aromatic nitrogens is 3. The van der Waals surface area contributed by atoms with Gasteiger partial charge < -0.3 is 15.0 Å². The number of fused-ring (bicyclic) bond motifs is 1. The van der Waals surface area contributed by atoms with Gasteiger partial charge in [0.1, 0.15) is 11.6 Å². The molecule has 2 aromatic carbocycles. The van der Waals surface area contributed by atoms with E-state index in [9.17, 15) is 9.59 Å². The summed E-state index contributed by atoms with van der Waals surface area (Å²) in [5, 5.41) is 11.7. The summed E-state index contributed by atoms with van der Waals surface area (Å²) in [6, 6.07) is 12.7. The number of H-pyrrole nitrogens is 1. The molecule has 4 aromatic rings. The van der Waals surface area contributed by atoms with Crippen molar-refractivity contribution in [1.29, 1.82) is 0 Å². The average molecular weight is 538 g/mol. The predicted octanol–water partition coefficient (Wildman–Crippen LogP) is 5.13. The largest absolute Gasteiger partial charge is 0.495 e. The second kappa shape index (κ2) is 10.8. The van der Waals surface area contributed by atoms with Gasteiger partial charge in [-0.05, 0) is 54.3 Å². The van der Waals surface area contributed by atoms with Gasteiger partial charge in [0.2, 0.25) is 5.91 Å². The van der Waals surface area contributed by atoms with Crippen LogP contribution < -0.4 is 15.6 Å². The van der Waals surface area contributed by atoms with E-state index in [1.54, 1.807) is 37.6 Å². The number of nitrogens with one attached hydrogen (secondary N) is 2. The maximum Gasteiger partial charge on any atom is 0.275 e. The lowest BCUT2D eigenvalue weighted by molar-refractivity contribution is -0.129. The minimum atomic E-state index is -0.373. The molecule has 2 N–H and O–H groups in total. The number of methoxy groups -OCH3 is 1. The van der Waals surface area contributed by atoms with E-state index < -0.39 is 0 Å². The van der Waals surface area contributed by atoms with Crippen LogP contribution in [0.3, 0.4) is 0 Å². The van der Waals surface area contributed by atoms with Crippen molar-refractivity contribution >= 4 is 51.4 Å². The molecule has 0 spiro atoms. The van der Waals surface area contributed by atoms with Crippen molar-refractivity contribution in [3.8, 4) is 5.75 Å². The van der Waals surface area contributed by atoms with Gasteiger partial charge >= 0.3 is 0 Å². The van der Waals surface area contributed by atoms with Gasteiger partial charge in [0.15, 0.2) is 0 Å². The van der Waals surface area contributed by atoms with Crippen LogP contribution in [0.15, 0.2) is 53.5 Å². The molecule has 10 heteroatoms. The van der Waals surface area contributed by atoms with E-state index in [2.05, 4.69) is 15.5 Å². The van der Waals surface area contributed by atoms with Crippen molar-refractivity contribution in [3.05, 3.63) is 85.9 Å². The monoisotopic (exact) mass is 537 g/mol. The van der Waals surface area contributed by atoms with Gasteiger partial charge in [-0.25, -0.2) is 10.1 Å². The summed E-state index contributed by atoms with van der Waals surface area (Å²) >= 11 is 12.8. The molecule has 1 fully saturated rings. The minimum absolute atomic E-state index is 0.109. The molecule has 1 amide bonds. The Morgan fingerprint density at radius 3 is 2.62 bits per heavy atom. The Morgan fingerprint density at radius 1 is 1.14 bits per heavy atom. The summed E-state index contributed by atoms with van der Waals surface area (Å²) < 4.78 is 5.62. The van der Waals surface area contributed by atoms with E-state index in [1.807, 2.05) is 23.1 Å². The molecule has 5 rings (SSSR count). The first-order chi connectivity index (χ1) is 17.9.